The first-order valence-corrected chi connectivity index (χ1v) is 6.35. The van der Waals surface area contributed by atoms with E-state index in [4.69, 9.17) is 12.2 Å². The van der Waals surface area contributed by atoms with Crippen LogP contribution in [0.5, 0.6) is 11.5 Å². The Morgan fingerprint density at radius 3 is 2.33 bits per heavy atom. The molecule has 0 aliphatic heterocycles. The predicted octanol–water partition coefficient (Wildman–Crippen LogP) is 3.80. The fourth-order valence-electron chi connectivity index (χ4n) is 1.60. The van der Waals surface area contributed by atoms with E-state index in [1.165, 1.54) is 18.2 Å². The molecule has 0 aliphatic carbocycles. The Kier molecular flexibility index (Phi) is 4.89. The highest BCUT2D eigenvalue weighted by Gasteiger charge is 2.04. The second-order valence-electron chi connectivity index (χ2n) is 4.03. The van der Waals surface area contributed by atoms with Crippen LogP contribution in [-0.4, -0.2) is 16.8 Å². The van der Waals surface area contributed by atoms with E-state index in [2.05, 4.69) is 15.4 Å². The van der Waals surface area contributed by atoms with E-state index in [-0.39, 0.29) is 11.5 Å². The van der Waals surface area contributed by atoms with Gasteiger partial charge < -0.3 is 20.5 Å². The van der Waals surface area contributed by atoms with Gasteiger partial charge in [-0.15, -0.1) is 0 Å². The van der Waals surface area contributed by atoms with Crippen LogP contribution in [0.1, 0.15) is 0 Å². The van der Waals surface area contributed by atoms with Gasteiger partial charge in [0.2, 0.25) is 0 Å². The number of aromatic hydroxyl groups is 1. The highest BCUT2D eigenvalue weighted by molar-refractivity contribution is 7.80. The third-order valence-electron chi connectivity index (χ3n) is 2.44. The number of halogens is 2. The van der Waals surface area contributed by atoms with Gasteiger partial charge in [-0.05, 0) is 48.6 Å². The average molecular weight is 310 g/mol. The molecule has 4 nitrogen and oxygen atoms in total. The van der Waals surface area contributed by atoms with E-state index in [9.17, 15) is 13.9 Å². The predicted molar refractivity (Wildman–Crippen MR) is 81.0 cm³/mol. The number of nitrogens with one attached hydrogen (secondary N) is 2. The summed E-state index contributed by atoms with van der Waals surface area (Å²) >= 11 is 5.11. The van der Waals surface area contributed by atoms with Gasteiger partial charge in [-0.3, -0.25) is 0 Å². The van der Waals surface area contributed by atoms with E-state index in [0.29, 0.717) is 16.5 Å². The summed E-state index contributed by atoms with van der Waals surface area (Å²) in [5.41, 5.74) is 1.25. The number of thiocarbonyl (C=S) groups is 1. The Morgan fingerprint density at radius 2 is 1.71 bits per heavy atom. The lowest BCUT2D eigenvalue weighted by molar-refractivity contribution is -0.0498. The van der Waals surface area contributed by atoms with Gasteiger partial charge in [-0.2, -0.15) is 8.78 Å². The molecule has 21 heavy (non-hydrogen) atoms. The Balaban J connectivity index is 1.93. The summed E-state index contributed by atoms with van der Waals surface area (Å²) < 4.78 is 28.3. The Hall–Kier alpha value is -2.41. The fraction of sp³-hybridized carbons (Fsp3) is 0.0714. The third-order valence-corrected chi connectivity index (χ3v) is 2.65. The van der Waals surface area contributed by atoms with E-state index < -0.39 is 6.61 Å². The first-order chi connectivity index (χ1) is 10.0. The highest BCUT2D eigenvalue weighted by atomic mass is 32.1. The minimum Gasteiger partial charge on any atom is -0.508 e. The Bertz CT molecular complexity index is 621. The van der Waals surface area contributed by atoms with Crippen LogP contribution < -0.4 is 15.4 Å². The first kappa shape index (κ1) is 15.0. The van der Waals surface area contributed by atoms with Crippen LogP contribution in [0.15, 0.2) is 48.5 Å². The Morgan fingerprint density at radius 1 is 1.05 bits per heavy atom. The monoisotopic (exact) mass is 310 g/mol. The molecule has 0 saturated heterocycles. The maximum absolute atomic E-state index is 12.0. The maximum atomic E-state index is 12.0. The number of phenolic OH excluding ortho intramolecular Hbond substituents is 1. The number of rotatable bonds is 4. The minimum atomic E-state index is -2.85. The van der Waals surface area contributed by atoms with Gasteiger partial charge in [0, 0.05) is 17.4 Å². The van der Waals surface area contributed by atoms with Gasteiger partial charge in [0.15, 0.2) is 5.11 Å². The molecule has 0 unspecified atom stereocenters. The van der Waals surface area contributed by atoms with Crippen LogP contribution in [-0.2, 0) is 0 Å². The van der Waals surface area contributed by atoms with Crippen molar-refractivity contribution in [2.45, 2.75) is 6.61 Å². The molecule has 0 aliphatic rings. The zero-order valence-corrected chi connectivity index (χ0v) is 11.5. The topological polar surface area (TPSA) is 53.5 Å². The summed E-state index contributed by atoms with van der Waals surface area (Å²) in [6.45, 7) is -2.85. The van der Waals surface area contributed by atoms with Crippen LogP contribution >= 0.6 is 12.2 Å². The van der Waals surface area contributed by atoms with Crippen molar-refractivity contribution in [1.29, 1.82) is 0 Å². The fourth-order valence-corrected chi connectivity index (χ4v) is 1.83. The van der Waals surface area contributed by atoms with Crippen molar-refractivity contribution in [3.8, 4) is 11.5 Å². The largest absolute Gasteiger partial charge is 0.508 e. The second kappa shape index (κ2) is 6.85. The van der Waals surface area contributed by atoms with Crippen molar-refractivity contribution in [3.05, 3.63) is 48.5 Å². The first-order valence-electron chi connectivity index (χ1n) is 5.95. The number of hydrogen-bond acceptors (Lipinski definition) is 3. The van der Waals surface area contributed by atoms with Crippen LogP contribution in [0, 0.1) is 0 Å². The molecule has 2 aromatic carbocycles. The van der Waals surface area contributed by atoms with Crippen molar-refractivity contribution < 1.29 is 18.6 Å². The number of ether oxygens (including phenoxy) is 1. The molecule has 0 heterocycles. The summed E-state index contributed by atoms with van der Waals surface area (Å²) in [4.78, 5) is 0. The van der Waals surface area contributed by atoms with Crippen molar-refractivity contribution in [2.75, 3.05) is 10.6 Å². The van der Waals surface area contributed by atoms with Crippen LogP contribution in [0.3, 0.4) is 0 Å². The molecule has 0 radical (unpaired) electrons. The van der Waals surface area contributed by atoms with Crippen molar-refractivity contribution in [2.24, 2.45) is 0 Å². The summed E-state index contributed by atoms with van der Waals surface area (Å²) in [7, 11) is 0. The van der Waals surface area contributed by atoms with Gasteiger partial charge in [-0.1, -0.05) is 6.07 Å². The zero-order valence-electron chi connectivity index (χ0n) is 10.7. The van der Waals surface area contributed by atoms with Crippen LogP contribution in [0.2, 0.25) is 0 Å². The van der Waals surface area contributed by atoms with E-state index in [1.54, 1.807) is 30.3 Å². The minimum absolute atomic E-state index is 0.0717. The average Bonchev–Trinajstić information content (AvgIpc) is 2.40. The SMILES string of the molecule is Oc1cccc(NC(=S)Nc2ccc(OC(F)F)cc2)c1. The summed E-state index contributed by atoms with van der Waals surface area (Å²) in [6.07, 6.45) is 0. The molecule has 110 valence electrons. The molecule has 2 rings (SSSR count). The van der Waals surface area contributed by atoms with Gasteiger partial charge in [-0.25, -0.2) is 0 Å². The number of phenols is 1. The standard InChI is InChI=1S/C14H12F2N2O2S/c15-13(16)20-12-6-4-9(5-7-12)17-14(21)18-10-2-1-3-11(19)8-10/h1-8,13,19H,(H2,17,18,21). The van der Waals surface area contributed by atoms with Crippen molar-refractivity contribution in [3.63, 3.8) is 0 Å². The van der Waals surface area contributed by atoms with E-state index in [0.717, 1.165) is 0 Å². The zero-order chi connectivity index (χ0) is 15.2. The molecule has 0 saturated carbocycles. The smallest absolute Gasteiger partial charge is 0.387 e. The summed E-state index contributed by atoms with van der Waals surface area (Å²) in [5, 5.41) is 15.4. The van der Waals surface area contributed by atoms with Crippen molar-refractivity contribution >= 4 is 28.7 Å². The maximum Gasteiger partial charge on any atom is 0.387 e. The van der Waals surface area contributed by atoms with Gasteiger partial charge in [0.25, 0.3) is 0 Å². The van der Waals surface area contributed by atoms with Gasteiger partial charge in [0.1, 0.15) is 11.5 Å². The van der Waals surface area contributed by atoms with Crippen molar-refractivity contribution in [1.82, 2.24) is 0 Å². The Labute approximate surface area is 125 Å². The van der Waals surface area contributed by atoms with Gasteiger partial charge >= 0.3 is 6.61 Å². The molecule has 0 amide bonds. The molecule has 3 N–H and O–H groups in total. The normalized spacial score (nSPS) is 10.2. The molecule has 2 aromatic rings. The highest BCUT2D eigenvalue weighted by Crippen LogP contribution is 2.19. The van der Waals surface area contributed by atoms with Crippen LogP contribution in [0.25, 0.3) is 0 Å². The molecular formula is C14H12F2N2O2S. The summed E-state index contributed by atoms with van der Waals surface area (Å²) in [6, 6.07) is 12.4. The second-order valence-corrected chi connectivity index (χ2v) is 4.44. The lowest BCUT2D eigenvalue weighted by Crippen LogP contribution is -2.18. The molecule has 0 atom stereocenters. The quantitative estimate of drug-likeness (QED) is 0.750. The number of anilines is 2. The molecular weight excluding hydrogens is 298 g/mol. The lowest BCUT2D eigenvalue weighted by Gasteiger charge is -2.11. The number of benzene rings is 2. The number of hydrogen-bond donors (Lipinski definition) is 3. The molecule has 0 fully saturated rings. The molecule has 0 bridgehead atoms. The van der Waals surface area contributed by atoms with Crippen LogP contribution in [0.4, 0.5) is 20.2 Å². The van der Waals surface area contributed by atoms with E-state index >= 15 is 0 Å². The molecule has 0 spiro atoms. The molecule has 7 heteroatoms. The summed E-state index contributed by atoms with van der Waals surface area (Å²) in [5.74, 6) is 0.193. The lowest BCUT2D eigenvalue weighted by atomic mass is 10.3. The van der Waals surface area contributed by atoms with Gasteiger partial charge in [0.05, 0.1) is 0 Å². The number of alkyl halides is 2. The van der Waals surface area contributed by atoms with E-state index in [1.807, 2.05) is 0 Å². The molecule has 0 aromatic heterocycles. The third kappa shape index (κ3) is 4.88.